The molecule has 5 N–H and O–H groups in total. The van der Waals surface area contributed by atoms with Crippen molar-refractivity contribution in [1.82, 2.24) is 16.0 Å². The first-order valence-corrected chi connectivity index (χ1v) is 14.8. The van der Waals surface area contributed by atoms with Crippen molar-refractivity contribution >= 4 is 30.2 Å². The number of rotatable bonds is 23. The van der Waals surface area contributed by atoms with E-state index in [4.69, 9.17) is 19.9 Å². The third-order valence-electron chi connectivity index (χ3n) is 4.73. The molecule has 1 atom stereocenters. The quantitative estimate of drug-likeness (QED) is 0.0728. The van der Waals surface area contributed by atoms with E-state index in [-0.39, 0.29) is 68.6 Å². The van der Waals surface area contributed by atoms with E-state index in [9.17, 15) is 24.0 Å². The fraction of sp³-hybridized carbons (Fsp3) is 0.839. The number of amides is 2. The molecule has 0 heterocycles. The molecule has 0 bridgehead atoms. The van der Waals surface area contributed by atoms with Crippen molar-refractivity contribution in [3.63, 3.8) is 0 Å². The van der Waals surface area contributed by atoms with Crippen LogP contribution in [0.15, 0.2) is 0 Å². The molecule has 0 aromatic carbocycles. The highest BCUT2D eigenvalue weighted by molar-refractivity contribution is 5.80. The van der Waals surface area contributed by atoms with Gasteiger partial charge in [0, 0.05) is 49.1 Å². The van der Waals surface area contributed by atoms with Crippen molar-refractivity contribution in [3.8, 4) is 0 Å². The number of nitrogens with two attached hydrogens (primary N) is 1. The van der Waals surface area contributed by atoms with E-state index in [0.717, 1.165) is 6.29 Å². The molecule has 0 saturated heterocycles. The summed E-state index contributed by atoms with van der Waals surface area (Å²) in [5.74, 6) is 0.115. The third-order valence-corrected chi connectivity index (χ3v) is 4.73. The normalized spacial score (nSPS) is 9.98. The maximum Gasteiger partial charge on any atom is 0.221 e. The second-order valence-electron chi connectivity index (χ2n) is 8.89. The minimum atomic E-state index is -0.238. The predicted molar refractivity (Wildman–Crippen MR) is 182 cm³/mol. The van der Waals surface area contributed by atoms with E-state index >= 15 is 0 Å². The number of carbonyl (C=O) groups is 5. The number of unbranched alkanes of at least 4 members (excludes halogenated alkanes) is 1. The van der Waals surface area contributed by atoms with E-state index in [1.165, 1.54) is 19.8 Å². The Balaban J connectivity index is -0.0000000704. The van der Waals surface area contributed by atoms with Gasteiger partial charge >= 0.3 is 0 Å². The smallest absolute Gasteiger partial charge is 0.221 e. The molecule has 0 aliphatic heterocycles. The summed E-state index contributed by atoms with van der Waals surface area (Å²) in [6.07, 6.45) is 5.01. The van der Waals surface area contributed by atoms with Gasteiger partial charge in [0.05, 0.1) is 46.3 Å². The molecule has 12 nitrogen and oxygen atoms in total. The molecule has 2 amide bonds. The van der Waals surface area contributed by atoms with E-state index in [1.54, 1.807) is 0 Å². The van der Waals surface area contributed by atoms with Gasteiger partial charge in [0.25, 0.3) is 0 Å². The number of ether oxygens (including phenoxy) is 3. The van der Waals surface area contributed by atoms with Gasteiger partial charge in [0.15, 0.2) is 0 Å². The van der Waals surface area contributed by atoms with Crippen LogP contribution in [0, 0.1) is 5.92 Å². The SMILES string of the molecule is C.C.CC.CC(=O)CNCOC[C@@H](N)C(C)C.CCCC.O=CCCOCCOCCNC(=O)CCNC(=O)CCC=O.[HH].[HH].[HH]. The van der Waals surface area contributed by atoms with Gasteiger partial charge in [-0.1, -0.05) is 69.2 Å². The minimum absolute atomic E-state index is 0. The number of Topliss-reactive ketones (excluding diaryl/α,β-unsaturated/α-hetero) is 1. The third kappa shape index (κ3) is 56.2. The van der Waals surface area contributed by atoms with Crippen molar-refractivity contribution in [2.24, 2.45) is 11.7 Å². The van der Waals surface area contributed by atoms with E-state index in [0.29, 0.717) is 71.5 Å². The maximum atomic E-state index is 11.4. The number of hydrogen-bond donors (Lipinski definition) is 4. The zero-order valence-corrected chi connectivity index (χ0v) is 26.8. The molecule has 0 saturated carbocycles. The van der Waals surface area contributed by atoms with Gasteiger partial charge in [0.2, 0.25) is 11.8 Å². The second kappa shape index (κ2) is 46.7. The first-order chi connectivity index (χ1) is 19.7. The molecular weight excluding hydrogens is 556 g/mol. The summed E-state index contributed by atoms with van der Waals surface area (Å²) < 4.78 is 15.5. The van der Waals surface area contributed by atoms with Crippen molar-refractivity contribution < 1.29 is 42.5 Å². The Labute approximate surface area is 267 Å². The fourth-order valence-corrected chi connectivity index (χ4v) is 2.08. The lowest BCUT2D eigenvalue weighted by atomic mass is 10.1. The molecule has 0 fully saturated rings. The van der Waals surface area contributed by atoms with Crippen LogP contribution < -0.4 is 21.7 Å². The fourth-order valence-electron chi connectivity index (χ4n) is 2.08. The lowest BCUT2D eigenvalue weighted by molar-refractivity contribution is -0.123. The number of nitrogens with one attached hydrogen (secondary N) is 3. The first kappa shape index (κ1) is 53.3. The van der Waals surface area contributed by atoms with Gasteiger partial charge < -0.3 is 40.2 Å². The minimum Gasteiger partial charge on any atom is -0.379 e. The van der Waals surface area contributed by atoms with Gasteiger partial charge in [0.1, 0.15) is 18.4 Å². The van der Waals surface area contributed by atoms with Gasteiger partial charge in [-0.25, -0.2) is 0 Å². The number of carbonyl (C=O) groups excluding carboxylic acids is 5. The highest BCUT2D eigenvalue weighted by atomic mass is 16.5. The molecule has 0 aliphatic carbocycles. The summed E-state index contributed by atoms with van der Waals surface area (Å²) in [6.45, 7) is 17.5. The largest absolute Gasteiger partial charge is 0.379 e. The van der Waals surface area contributed by atoms with Crippen LogP contribution in [0.5, 0.6) is 0 Å². The van der Waals surface area contributed by atoms with E-state index < -0.39 is 0 Å². The topological polar surface area (TPSA) is 175 Å². The standard InChI is InChI=1S/C14H24N2O6.C9H20N2O2.C4H10.C2H6.2CH4.3H2/c17-7-1-3-13(19)15-5-4-14(20)16-6-10-22-12-11-21-9-2-8-18;1-7(2)9(10)5-13-6-11-4-8(3)12;1-3-4-2;1-2;;;;;/h7-8H,1-6,9-12H2,(H,15,19)(H,16,20);7,9,11H,4-6,10H2,1-3H3;3-4H2,1-2H3;1-2H3;2*1H4;3*1H/t;9-;;;;;;;/m.1......./s1. The Morgan fingerprint density at radius 2 is 1.30 bits per heavy atom. The van der Waals surface area contributed by atoms with Crippen LogP contribution in [0.3, 0.4) is 0 Å². The molecule has 0 unspecified atom stereocenters. The summed E-state index contributed by atoms with van der Waals surface area (Å²) >= 11 is 0. The predicted octanol–water partition coefficient (Wildman–Crippen LogP) is 4.18. The summed E-state index contributed by atoms with van der Waals surface area (Å²) in [6, 6.07) is 0.0686. The van der Waals surface area contributed by atoms with Crippen LogP contribution in [0.25, 0.3) is 0 Å². The molecular formula is C31H74N4O8. The van der Waals surface area contributed by atoms with Crippen molar-refractivity contribution in [1.29, 1.82) is 0 Å². The first-order valence-electron chi connectivity index (χ1n) is 14.8. The number of aldehydes is 2. The van der Waals surface area contributed by atoms with E-state index in [2.05, 4.69) is 43.6 Å². The molecule has 0 rings (SSSR count). The molecule has 0 aromatic heterocycles. The molecule has 266 valence electrons. The van der Waals surface area contributed by atoms with Gasteiger partial charge in [-0.2, -0.15) is 0 Å². The summed E-state index contributed by atoms with van der Waals surface area (Å²) in [7, 11) is 0. The van der Waals surface area contributed by atoms with Gasteiger partial charge in [-0.3, -0.25) is 19.7 Å². The number of hydrogen-bond acceptors (Lipinski definition) is 10. The van der Waals surface area contributed by atoms with Crippen LogP contribution in [0.2, 0.25) is 0 Å². The Morgan fingerprint density at radius 3 is 1.79 bits per heavy atom. The Morgan fingerprint density at radius 1 is 0.791 bits per heavy atom. The summed E-state index contributed by atoms with van der Waals surface area (Å²) in [4.78, 5) is 53.2. The Bertz CT molecular complexity index is 622. The molecule has 0 radical (unpaired) electrons. The zero-order chi connectivity index (χ0) is 32.2. The second-order valence-corrected chi connectivity index (χ2v) is 8.89. The summed E-state index contributed by atoms with van der Waals surface area (Å²) in [5, 5.41) is 8.06. The number of ketones is 1. The van der Waals surface area contributed by atoms with Gasteiger partial charge in [-0.05, 0) is 12.8 Å². The maximum absolute atomic E-state index is 11.4. The zero-order valence-electron chi connectivity index (χ0n) is 26.8. The molecule has 12 heteroatoms. The van der Waals surface area contributed by atoms with Crippen molar-refractivity contribution in [2.45, 2.75) is 108 Å². The van der Waals surface area contributed by atoms with Crippen LogP contribution in [-0.2, 0) is 38.2 Å². The van der Waals surface area contributed by atoms with Crippen molar-refractivity contribution in [3.05, 3.63) is 0 Å². The monoisotopic (exact) mass is 631 g/mol. The lowest BCUT2D eigenvalue weighted by Gasteiger charge is -2.15. The highest BCUT2D eigenvalue weighted by Gasteiger charge is 2.06. The molecule has 0 aromatic rings. The molecule has 43 heavy (non-hydrogen) atoms. The molecule has 0 spiro atoms. The van der Waals surface area contributed by atoms with E-state index in [1.807, 2.05) is 13.8 Å². The average molecular weight is 631 g/mol. The van der Waals surface area contributed by atoms with Crippen molar-refractivity contribution in [2.75, 3.05) is 59.4 Å². The van der Waals surface area contributed by atoms with Gasteiger partial charge in [-0.15, -0.1) is 0 Å². The highest BCUT2D eigenvalue weighted by Crippen LogP contribution is 1.97. The van der Waals surface area contributed by atoms with Crippen LogP contribution >= 0.6 is 0 Å². The average Bonchev–Trinajstić information content (AvgIpc) is 2.96. The summed E-state index contributed by atoms with van der Waals surface area (Å²) in [5.41, 5.74) is 5.74. The van der Waals surface area contributed by atoms with Crippen LogP contribution in [0.4, 0.5) is 0 Å². The Hall–Kier alpha value is -2.25. The lowest BCUT2D eigenvalue weighted by Crippen LogP contribution is -2.34. The molecule has 0 aliphatic rings. The van der Waals surface area contributed by atoms with Crippen LogP contribution in [-0.4, -0.2) is 95.6 Å². The Kier molecular flexibility index (Phi) is 57.9. The van der Waals surface area contributed by atoms with Crippen LogP contribution in [0.1, 0.15) is 106 Å².